The predicted molar refractivity (Wildman–Crippen MR) is 102 cm³/mol. The summed E-state index contributed by atoms with van der Waals surface area (Å²) in [4.78, 5) is 22.1. The third-order valence-corrected chi connectivity index (χ3v) is 5.67. The van der Waals surface area contributed by atoms with Crippen LogP contribution in [-0.4, -0.2) is 53.4 Å². The molecular weight excluding hydrogens is 412 g/mol. The summed E-state index contributed by atoms with van der Waals surface area (Å²) in [6.07, 6.45) is 1.53. The second kappa shape index (κ2) is 8.40. The van der Waals surface area contributed by atoms with Crippen LogP contribution in [0.2, 0.25) is 5.02 Å². The number of thiophene rings is 1. The summed E-state index contributed by atoms with van der Waals surface area (Å²) >= 11 is 11.1. The Labute approximate surface area is 158 Å². The predicted octanol–water partition coefficient (Wildman–Crippen LogP) is 3.32. The number of anilines is 1. The minimum absolute atomic E-state index is 0.0412. The molecule has 1 saturated heterocycles. The quantitative estimate of drug-likeness (QED) is 0.792. The van der Waals surface area contributed by atoms with Crippen LogP contribution in [0.25, 0.3) is 0 Å². The molecule has 3 rings (SSSR count). The summed E-state index contributed by atoms with van der Waals surface area (Å²) in [5, 5.41) is 3.36. The van der Waals surface area contributed by atoms with Gasteiger partial charge in [-0.15, -0.1) is 11.3 Å². The van der Waals surface area contributed by atoms with Crippen molar-refractivity contribution in [1.82, 2.24) is 14.8 Å². The van der Waals surface area contributed by atoms with Crippen molar-refractivity contribution in [1.29, 1.82) is 0 Å². The van der Waals surface area contributed by atoms with Crippen LogP contribution in [0.5, 0.6) is 0 Å². The number of piperazine rings is 1. The number of rotatable bonds is 5. The van der Waals surface area contributed by atoms with Crippen LogP contribution >= 0.6 is 38.9 Å². The second-order valence-electron chi connectivity index (χ2n) is 5.67. The Bertz CT molecular complexity index is 686. The Hall–Kier alpha value is -0.990. The van der Waals surface area contributed by atoms with Gasteiger partial charge in [0.15, 0.2) is 0 Å². The van der Waals surface area contributed by atoms with Gasteiger partial charge >= 0.3 is 0 Å². The highest BCUT2D eigenvalue weighted by molar-refractivity contribution is 9.11. The van der Waals surface area contributed by atoms with Crippen LogP contribution in [0.3, 0.4) is 0 Å². The number of carbonyl (C=O) groups is 1. The first kappa shape index (κ1) is 17.8. The molecule has 1 fully saturated rings. The third-order valence-electron chi connectivity index (χ3n) is 3.84. The maximum Gasteiger partial charge on any atom is 0.239 e. The van der Waals surface area contributed by atoms with Crippen LogP contribution in [-0.2, 0) is 11.3 Å². The van der Waals surface area contributed by atoms with E-state index in [0.29, 0.717) is 17.4 Å². The Morgan fingerprint density at radius 1 is 1.21 bits per heavy atom. The molecule has 24 heavy (non-hydrogen) atoms. The Morgan fingerprint density at radius 2 is 1.96 bits per heavy atom. The van der Waals surface area contributed by atoms with Gasteiger partial charge in [-0.2, -0.15) is 0 Å². The lowest BCUT2D eigenvalue weighted by atomic mass is 10.3. The average Bonchev–Trinajstić information content (AvgIpc) is 2.96. The summed E-state index contributed by atoms with van der Waals surface area (Å²) in [5.41, 5.74) is 0. The van der Waals surface area contributed by atoms with Gasteiger partial charge in [-0.3, -0.25) is 14.6 Å². The number of hydrogen-bond donors (Lipinski definition) is 1. The van der Waals surface area contributed by atoms with Crippen LogP contribution in [0.4, 0.5) is 5.82 Å². The molecule has 2 aromatic heterocycles. The highest BCUT2D eigenvalue weighted by Crippen LogP contribution is 2.23. The van der Waals surface area contributed by atoms with Crippen LogP contribution < -0.4 is 5.32 Å². The molecule has 1 aliphatic rings. The van der Waals surface area contributed by atoms with Gasteiger partial charge in [0, 0.05) is 43.8 Å². The number of amides is 1. The number of aromatic nitrogens is 1. The molecule has 0 aliphatic carbocycles. The summed E-state index contributed by atoms with van der Waals surface area (Å²) in [6, 6.07) is 7.67. The third kappa shape index (κ3) is 5.26. The fourth-order valence-corrected chi connectivity index (χ4v) is 4.24. The minimum atomic E-state index is -0.0412. The molecule has 0 atom stereocenters. The first-order chi connectivity index (χ1) is 11.6. The molecule has 128 valence electrons. The Balaban J connectivity index is 1.41. The molecule has 2 aromatic rings. The molecule has 3 heterocycles. The lowest BCUT2D eigenvalue weighted by molar-refractivity contribution is -0.117. The van der Waals surface area contributed by atoms with Gasteiger partial charge in [0.2, 0.25) is 5.91 Å². The van der Waals surface area contributed by atoms with Gasteiger partial charge in [-0.1, -0.05) is 11.6 Å². The lowest BCUT2D eigenvalue weighted by Crippen LogP contribution is -2.48. The van der Waals surface area contributed by atoms with Gasteiger partial charge in [0.05, 0.1) is 15.4 Å². The number of carbonyl (C=O) groups excluding carboxylic acids is 1. The lowest BCUT2D eigenvalue weighted by Gasteiger charge is -2.33. The van der Waals surface area contributed by atoms with Crippen LogP contribution in [0, 0.1) is 0 Å². The zero-order valence-corrected chi connectivity index (χ0v) is 16.2. The van der Waals surface area contributed by atoms with Crippen molar-refractivity contribution in [3.63, 3.8) is 0 Å². The van der Waals surface area contributed by atoms with E-state index >= 15 is 0 Å². The average molecular weight is 430 g/mol. The Kier molecular flexibility index (Phi) is 6.24. The van der Waals surface area contributed by atoms with E-state index in [4.69, 9.17) is 11.6 Å². The molecular formula is C16H18BrClN4OS. The second-order valence-corrected chi connectivity index (χ2v) is 8.65. The molecule has 0 unspecified atom stereocenters. The van der Waals surface area contributed by atoms with Crippen molar-refractivity contribution >= 4 is 50.6 Å². The van der Waals surface area contributed by atoms with Crippen LogP contribution in [0.15, 0.2) is 34.2 Å². The Morgan fingerprint density at radius 3 is 2.58 bits per heavy atom. The minimum Gasteiger partial charge on any atom is -0.310 e. The van der Waals surface area contributed by atoms with Crippen molar-refractivity contribution in [2.24, 2.45) is 0 Å². The number of pyridine rings is 1. The fourth-order valence-electron chi connectivity index (χ4n) is 2.60. The molecule has 1 N–H and O–H groups in total. The highest BCUT2D eigenvalue weighted by Gasteiger charge is 2.19. The topological polar surface area (TPSA) is 48.5 Å². The number of hydrogen-bond acceptors (Lipinski definition) is 5. The van der Waals surface area contributed by atoms with E-state index in [2.05, 4.69) is 48.2 Å². The molecule has 0 aromatic carbocycles. The van der Waals surface area contributed by atoms with Gasteiger partial charge in [-0.25, -0.2) is 4.98 Å². The molecule has 0 bridgehead atoms. The maximum atomic E-state index is 12.1. The van der Waals surface area contributed by atoms with Crippen molar-refractivity contribution in [3.05, 3.63) is 44.1 Å². The van der Waals surface area contributed by atoms with Gasteiger partial charge < -0.3 is 5.32 Å². The number of nitrogens with zero attached hydrogens (tertiary/aromatic N) is 3. The van der Waals surface area contributed by atoms with E-state index in [-0.39, 0.29) is 5.91 Å². The van der Waals surface area contributed by atoms with Gasteiger partial charge in [-0.05, 0) is 40.2 Å². The van der Waals surface area contributed by atoms with E-state index in [1.807, 2.05) is 0 Å². The summed E-state index contributed by atoms with van der Waals surface area (Å²) in [6.45, 7) is 5.11. The van der Waals surface area contributed by atoms with E-state index in [9.17, 15) is 4.79 Å². The monoisotopic (exact) mass is 428 g/mol. The van der Waals surface area contributed by atoms with E-state index in [1.165, 1.54) is 14.9 Å². The first-order valence-electron chi connectivity index (χ1n) is 7.69. The van der Waals surface area contributed by atoms with E-state index in [0.717, 1.165) is 32.7 Å². The number of halogens is 2. The van der Waals surface area contributed by atoms with Crippen molar-refractivity contribution in [3.8, 4) is 0 Å². The van der Waals surface area contributed by atoms with Crippen molar-refractivity contribution in [2.45, 2.75) is 6.54 Å². The molecule has 0 spiro atoms. The van der Waals surface area contributed by atoms with Gasteiger partial charge in [0.25, 0.3) is 0 Å². The van der Waals surface area contributed by atoms with E-state index in [1.54, 1.807) is 23.5 Å². The van der Waals surface area contributed by atoms with E-state index < -0.39 is 0 Å². The summed E-state index contributed by atoms with van der Waals surface area (Å²) in [7, 11) is 0. The fraction of sp³-hybridized carbons (Fsp3) is 0.375. The largest absolute Gasteiger partial charge is 0.310 e. The van der Waals surface area contributed by atoms with Crippen molar-refractivity contribution < 1.29 is 4.79 Å². The zero-order chi connectivity index (χ0) is 16.9. The molecule has 1 amide bonds. The molecule has 5 nitrogen and oxygen atoms in total. The van der Waals surface area contributed by atoms with Crippen LogP contribution in [0.1, 0.15) is 4.88 Å². The molecule has 8 heteroatoms. The SMILES string of the molecule is O=C(CN1CCN(Cc2ccc(Br)s2)CC1)Nc1ccc(Cl)cn1. The van der Waals surface area contributed by atoms with Crippen molar-refractivity contribution in [2.75, 3.05) is 38.0 Å². The summed E-state index contributed by atoms with van der Waals surface area (Å²) < 4.78 is 1.17. The molecule has 0 saturated carbocycles. The standard InChI is InChI=1S/C16H18BrClN4OS/c17-14-3-2-13(24-14)10-21-5-7-22(8-6-21)11-16(23)20-15-4-1-12(18)9-19-15/h1-4,9H,5-8,10-11H2,(H,19,20,23). The maximum absolute atomic E-state index is 12.1. The normalized spacial score (nSPS) is 16.2. The summed E-state index contributed by atoms with van der Waals surface area (Å²) in [5.74, 6) is 0.492. The van der Waals surface area contributed by atoms with Gasteiger partial charge in [0.1, 0.15) is 5.82 Å². The first-order valence-corrected chi connectivity index (χ1v) is 9.67. The number of nitrogens with one attached hydrogen (secondary N) is 1. The smallest absolute Gasteiger partial charge is 0.239 e. The zero-order valence-electron chi connectivity index (χ0n) is 13.0. The molecule has 1 aliphatic heterocycles. The molecule has 0 radical (unpaired) electrons. The highest BCUT2D eigenvalue weighted by atomic mass is 79.9.